The molecule has 1 aromatic carbocycles. The Labute approximate surface area is 102 Å². The van der Waals surface area contributed by atoms with Gasteiger partial charge >= 0.3 is 0 Å². The van der Waals surface area contributed by atoms with Gasteiger partial charge in [0, 0.05) is 5.41 Å². The van der Waals surface area contributed by atoms with E-state index in [0.717, 1.165) is 12.8 Å². The van der Waals surface area contributed by atoms with Crippen molar-refractivity contribution in [1.82, 2.24) is 0 Å². The molecule has 88 valence electrons. The number of hydrogen-bond donors (Lipinski definition) is 2. The van der Waals surface area contributed by atoms with Crippen LogP contribution in [0.1, 0.15) is 25.3 Å². The molecule has 0 unspecified atom stereocenters. The molecular weight excluding hydrogens is 208 g/mol. The Hall–Kier alpha value is -1.83. The van der Waals surface area contributed by atoms with E-state index in [2.05, 4.69) is 37.3 Å². The highest BCUT2D eigenvalue weighted by Gasteiger charge is 2.29. The third-order valence-electron chi connectivity index (χ3n) is 3.54. The molecule has 0 heterocycles. The zero-order valence-electron chi connectivity index (χ0n) is 10.1. The summed E-state index contributed by atoms with van der Waals surface area (Å²) in [5, 5.41) is 7.70. The number of amidine groups is 1. The van der Waals surface area contributed by atoms with Crippen molar-refractivity contribution in [1.29, 1.82) is 5.41 Å². The zero-order chi connectivity index (χ0) is 12.3. The Morgan fingerprint density at radius 2 is 2.06 bits per heavy atom. The van der Waals surface area contributed by atoms with E-state index in [1.54, 1.807) is 0 Å². The fourth-order valence-electron chi connectivity index (χ4n) is 2.17. The molecule has 0 bridgehead atoms. The Bertz CT molecular complexity index is 471. The molecule has 2 heteroatoms. The number of allylic oxidation sites excluding steroid dienone is 3. The summed E-state index contributed by atoms with van der Waals surface area (Å²) in [7, 11) is 0. The van der Waals surface area contributed by atoms with Crippen LogP contribution < -0.4 is 5.73 Å². The predicted octanol–water partition coefficient (Wildman–Crippen LogP) is 3.36. The lowest BCUT2D eigenvalue weighted by Gasteiger charge is -2.29. The van der Waals surface area contributed by atoms with E-state index in [1.165, 1.54) is 11.1 Å². The molecule has 17 heavy (non-hydrogen) atoms. The molecule has 0 fully saturated rings. The van der Waals surface area contributed by atoms with Crippen molar-refractivity contribution < 1.29 is 0 Å². The van der Waals surface area contributed by atoms with Gasteiger partial charge in [0.2, 0.25) is 0 Å². The number of benzene rings is 1. The number of nitrogens with one attached hydrogen (secondary N) is 1. The van der Waals surface area contributed by atoms with Gasteiger partial charge in [0.25, 0.3) is 0 Å². The summed E-state index contributed by atoms with van der Waals surface area (Å²) in [6, 6.07) is 10.3. The molecule has 1 aliphatic rings. The minimum atomic E-state index is -0.266. The molecule has 2 nitrogen and oxygen atoms in total. The van der Waals surface area contributed by atoms with E-state index in [1.807, 2.05) is 18.2 Å². The molecule has 0 aliphatic heterocycles. The Morgan fingerprint density at radius 3 is 2.53 bits per heavy atom. The van der Waals surface area contributed by atoms with Gasteiger partial charge < -0.3 is 5.73 Å². The molecule has 0 spiro atoms. The fourth-order valence-corrected chi connectivity index (χ4v) is 2.17. The highest BCUT2D eigenvalue weighted by Crippen LogP contribution is 2.35. The van der Waals surface area contributed by atoms with Gasteiger partial charge in [-0.3, -0.25) is 5.41 Å². The van der Waals surface area contributed by atoms with Gasteiger partial charge in [0.1, 0.15) is 5.84 Å². The van der Waals surface area contributed by atoms with Crippen LogP contribution in [0.4, 0.5) is 0 Å². The maximum Gasteiger partial charge on any atom is 0.101 e. The second-order valence-electron chi connectivity index (χ2n) is 4.49. The fraction of sp³-hybridized carbons (Fsp3) is 0.267. The molecule has 1 aromatic rings. The highest BCUT2D eigenvalue weighted by atomic mass is 14.7. The van der Waals surface area contributed by atoms with Gasteiger partial charge in [0.05, 0.1) is 0 Å². The molecule has 3 N–H and O–H groups in total. The van der Waals surface area contributed by atoms with Crippen LogP contribution >= 0.6 is 0 Å². The lowest BCUT2D eigenvalue weighted by atomic mass is 9.76. The maximum atomic E-state index is 7.70. The maximum absolute atomic E-state index is 7.70. The first-order chi connectivity index (χ1) is 8.18. The quantitative estimate of drug-likeness (QED) is 0.602. The van der Waals surface area contributed by atoms with Crippen LogP contribution in [-0.2, 0) is 0 Å². The summed E-state index contributed by atoms with van der Waals surface area (Å²) in [6.45, 7) is 2.08. The van der Waals surface area contributed by atoms with Crippen LogP contribution in [0.5, 0.6) is 0 Å². The third-order valence-corrected chi connectivity index (χ3v) is 3.54. The molecule has 0 amide bonds. The van der Waals surface area contributed by atoms with Crippen molar-refractivity contribution >= 4 is 11.4 Å². The highest BCUT2D eigenvalue weighted by molar-refractivity contribution is 5.88. The first-order valence-corrected chi connectivity index (χ1v) is 5.97. The molecular formula is C15H18N2. The van der Waals surface area contributed by atoms with Gasteiger partial charge in [-0.05, 0) is 24.0 Å². The van der Waals surface area contributed by atoms with Gasteiger partial charge in [-0.2, -0.15) is 0 Å². The second-order valence-corrected chi connectivity index (χ2v) is 4.49. The van der Waals surface area contributed by atoms with E-state index in [4.69, 9.17) is 11.1 Å². The minimum Gasteiger partial charge on any atom is -0.387 e. The Kier molecular flexibility index (Phi) is 3.14. The molecule has 0 radical (unpaired) electrons. The first kappa shape index (κ1) is 11.6. The molecule has 0 aromatic heterocycles. The van der Waals surface area contributed by atoms with Gasteiger partial charge in [-0.25, -0.2) is 0 Å². The molecule has 0 saturated carbocycles. The Balaban J connectivity index is 2.25. The zero-order valence-corrected chi connectivity index (χ0v) is 10.1. The van der Waals surface area contributed by atoms with Gasteiger partial charge in [-0.1, -0.05) is 55.5 Å². The largest absolute Gasteiger partial charge is 0.387 e. The lowest BCUT2D eigenvalue weighted by Crippen LogP contribution is -2.34. The third kappa shape index (κ3) is 2.16. The van der Waals surface area contributed by atoms with Crippen molar-refractivity contribution in [3.63, 3.8) is 0 Å². The van der Waals surface area contributed by atoms with E-state index in [0.29, 0.717) is 0 Å². The normalized spacial score (nSPS) is 23.2. The number of nitrogens with two attached hydrogens (primary N) is 1. The van der Waals surface area contributed by atoms with Crippen LogP contribution in [-0.4, -0.2) is 5.84 Å². The topological polar surface area (TPSA) is 49.9 Å². The van der Waals surface area contributed by atoms with E-state index in [9.17, 15) is 0 Å². The summed E-state index contributed by atoms with van der Waals surface area (Å²) in [6.07, 6.45) is 8.04. The average Bonchev–Trinajstić information content (AvgIpc) is 2.39. The molecule has 2 rings (SSSR count). The summed E-state index contributed by atoms with van der Waals surface area (Å²) >= 11 is 0. The second kappa shape index (κ2) is 4.58. The molecule has 0 saturated heterocycles. The predicted molar refractivity (Wildman–Crippen MR) is 72.8 cm³/mol. The standard InChI is InChI=1S/C15H18N2/c1-2-15(14(16)17)10-8-13(9-11-15)12-6-4-3-5-7-12/h3-10H,2,11H2,1H3,(H3,16,17)/t15-/m0/s1. The monoisotopic (exact) mass is 226 g/mol. The van der Waals surface area contributed by atoms with Crippen LogP contribution in [0.3, 0.4) is 0 Å². The summed E-state index contributed by atoms with van der Waals surface area (Å²) in [5.41, 5.74) is 7.87. The van der Waals surface area contributed by atoms with Crippen LogP contribution in [0.25, 0.3) is 5.57 Å². The summed E-state index contributed by atoms with van der Waals surface area (Å²) in [5.74, 6) is 0.264. The summed E-state index contributed by atoms with van der Waals surface area (Å²) < 4.78 is 0. The van der Waals surface area contributed by atoms with Crippen molar-refractivity contribution in [3.05, 3.63) is 54.1 Å². The van der Waals surface area contributed by atoms with Crippen molar-refractivity contribution in [2.24, 2.45) is 11.1 Å². The SMILES string of the molecule is CC[C@]1(C(=N)N)C=CC(c2ccccc2)=CC1. The van der Waals surface area contributed by atoms with E-state index < -0.39 is 0 Å². The first-order valence-electron chi connectivity index (χ1n) is 5.97. The molecule has 1 atom stereocenters. The van der Waals surface area contributed by atoms with Crippen LogP contribution in [0.2, 0.25) is 0 Å². The van der Waals surface area contributed by atoms with E-state index in [-0.39, 0.29) is 11.3 Å². The van der Waals surface area contributed by atoms with Crippen molar-refractivity contribution in [3.8, 4) is 0 Å². The van der Waals surface area contributed by atoms with Crippen LogP contribution in [0, 0.1) is 10.8 Å². The minimum absolute atomic E-state index is 0.264. The number of rotatable bonds is 3. The number of hydrogen-bond acceptors (Lipinski definition) is 1. The van der Waals surface area contributed by atoms with Crippen LogP contribution in [0.15, 0.2) is 48.6 Å². The van der Waals surface area contributed by atoms with Gasteiger partial charge in [-0.15, -0.1) is 0 Å². The van der Waals surface area contributed by atoms with Crippen molar-refractivity contribution in [2.75, 3.05) is 0 Å². The Morgan fingerprint density at radius 1 is 1.35 bits per heavy atom. The van der Waals surface area contributed by atoms with E-state index >= 15 is 0 Å². The molecule has 1 aliphatic carbocycles. The summed E-state index contributed by atoms with van der Waals surface area (Å²) in [4.78, 5) is 0. The lowest BCUT2D eigenvalue weighted by molar-refractivity contribution is 0.509. The van der Waals surface area contributed by atoms with Crippen molar-refractivity contribution in [2.45, 2.75) is 19.8 Å². The smallest absolute Gasteiger partial charge is 0.101 e. The van der Waals surface area contributed by atoms with Gasteiger partial charge in [0.15, 0.2) is 0 Å². The average molecular weight is 226 g/mol.